The van der Waals surface area contributed by atoms with Gasteiger partial charge in [0.1, 0.15) is 0 Å². The molecule has 1 unspecified atom stereocenters. The summed E-state index contributed by atoms with van der Waals surface area (Å²) in [5, 5.41) is 11.3. The van der Waals surface area contributed by atoms with Gasteiger partial charge < -0.3 is 9.84 Å². The largest absolute Gasteiger partial charge is 0.334 e. The van der Waals surface area contributed by atoms with E-state index in [4.69, 9.17) is 4.52 Å². The molecule has 0 radical (unpaired) electrons. The number of rotatable bonds is 5. The third-order valence-electron chi connectivity index (χ3n) is 4.07. The van der Waals surface area contributed by atoms with Crippen molar-refractivity contribution in [2.24, 2.45) is 0 Å². The molecule has 9 heteroatoms. The van der Waals surface area contributed by atoms with Crippen molar-refractivity contribution in [3.05, 3.63) is 23.8 Å². The Labute approximate surface area is 135 Å². The van der Waals surface area contributed by atoms with Crippen LogP contribution in [0.5, 0.6) is 0 Å². The van der Waals surface area contributed by atoms with Crippen LogP contribution in [0.3, 0.4) is 0 Å². The maximum Gasteiger partial charge on any atom is 0.321 e. The lowest BCUT2D eigenvalue weighted by Crippen LogP contribution is -2.31. The molecule has 0 saturated carbocycles. The maximum absolute atomic E-state index is 11.7. The van der Waals surface area contributed by atoms with Crippen LogP contribution in [-0.4, -0.2) is 39.8 Å². The van der Waals surface area contributed by atoms with Gasteiger partial charge in [0.05, 0.1) is 23.2 Å². The molecule has 0 amide bonds. The zero-order valence-electron chi connectivity index (χ0n) is 13.5. The predicted molar refractivity (Wildman–Crippen MR) is 84.9 cm³/mol. The molecule has 126 valence electrons. The van der Waals surface area contributed by atoms with Crippen molar-refractivity contribution in [3.8, 4) is 0 Å². The molecule has 0 spiro atoms. The number of anilines is 1. The Kier molecular flexibility index (Phi) is 3.91. The number of nitrogens with zero attached hydrogens (tertiary/aromatic N) is 4. The van der Waals surface area contributed by atoms with Crippen LogP contribution in [0.15, 0.2) is 16.9 Å². The smallest absolute Gasteiger partial charge is 0.321 e. The normalized spacial score (nSPS) is 23.5. The van der Waals surface area contributed by atoms with Crippen LogP contribution >= 0.6 is 0 Å². The predicted octanol–water partition coefficient (Wildman–Crippen LogP) is 1.54. The molecular formula is C14H21N5O3S. The summed E-state index contributed by atoms with van der Waals surface area (Å²) in [7, 11) is -2.96. The highest BCUT2D eigenvalue weighted by atomic mass is 32.2. The van der Waals surface area contributed by atoms with Crippen LogP contribution in [0.25, 0.3) is 0 Å². The van der Waals surface area contributed by atoms with Gasteiger partial charge >= 0.3 is 6.01 Å². The Morgan fingerprint density at radius 2 is 2.26 bits per heavy atom. The lowest BCUT2D eigenvalue weighted by molar-refractivity contribution is 0.328. The van der Waals surface area contributed by atoms with Crippen LogP contribution in [0.4, 0.5) is 6.01 Å². The number of nitrogens with one attached hydrogen (secondary N) is 1. The van der Waals surface area contributed by atoms with Gasteiger partial charge in [-0.25, -0.2) is 8.42 Å². The van der Waals surface area contributed by atoms with Crippen molar-refractivity contribution in [3.63, 3.8) is 0 Å². The molecule has 3 heterocycles. The van der Waals surface area contributed by atoms with Crippen molar-refractivity contribution in [1.29, 1.82) is 0 Å². The fourth-order valence-corrected chi connectivity index (χ4v) is 4.76. The molecule has 1 saturated heterocycles. The quantitative estimate of drug-likeness (QED) is 0.881. The van der Waals surface area contributed by atoms with Crippen molar-refractivity contribution in [2.75, 3.05) is 16.8 Å². The monoisotopic (exact) mass is 339 g/mol. The molecule has 8 nitrogen and oxygen atoms in total. The van der Waals surface area contributed by atoms with E-state index in [1.165, 1.54) is 0 Å². The van der Waals surface area contributed by atoms with E-state index in [1.54, 1.807) is 10.9 Å². The fourth-order valence-electron chi connectivity index (χ4n) is 2.64. The minimum atomic E-state index is -2.96. The topological polar surface area (TPSA) is 103 Å². The van der Waals surface area contributed by atoms with E-state index < -0.39 is 15.4 Å². The molecule has 3 rings (SSSR count). The highest BCUT2D eigenvalue weighted by molar-refractivity contribution is 7.91. The molecule has 0 aromatic carbocycles. The van der Waals surface area contributed by atoms with E-state index in [2.05, 4.69) is 20.6 Å². The molecule has 1 aliphatic rings. The standard InChI is InChI=1S/C14H21N5O3S/c1-10(2)12-17-13(22-18-12)15-6-11-7-16-19(8-11)14(3)4-5-23(20,21)9-14/h7-8,10H,4-6,9H2,1-3H3,(H,15,17,18). The van der Waals surface area contributed by atoms with Crippen molar-refractivity contribution in [1.82, 2.24) is 19.9 Å². The summed E-state index contributed by atoms with van der Waals surface area (Å²) in [6.45, 7) is 6.40. The molecule has 1 fully saturated rings. The number of hydrogen-bond donors (Lipinski definition) is 1. The average Bonchev–Trinajstić information content (AvgIpc) is 3.16. The average molecular weight is 339 g/mol. The van der Waals surface area contributed by atoms with Crippen LogP contribution in [-0.2, 0) is 21.9 Å². The van der Waals surface area contributed by atoms with Gasteiger partial charge in [-0.2, -0.15) is 10.1 Å². The summed E-state index contributed by atoms with van der Waals surface area (Å²) in [4.78, 5) is 4.25. The fraction of sp³-hybridized carbons (Fsp3) is 0.643. The SMILES string of the molecule is CC(C)c1noc(NCc2cnn(C3(C)CCS(=O)(=O)C3)c2)n1. The summed E-state index contributed by atoms with van der Waals surface area (Å²) in [5.41, 5.74) is 0.464. The van der Waals surface area contributed by atoms with Gasteiger partial charge in [0.15, 0.2) is 15.7 Å². The van der Waals surface area contributed by atoms with Gasteiger partial charge in [-0.15, -0.1) is 0 Å². The Hall–Kier alpha value is -1.90. The van der Waals surface area contributed by atoms with E-state index in [9.17, 15) is 8.42 Å². The van der Waals surface area contributed by atoms with Crippen LogP contribution in [0.2, 0.25) is 0 Å². The molecule has 0 aliphatic carbocycles. The van der Waals surface area contributed by atoms with Crippen LogP contribution in [0.1, 0.15) is 44.5 Å². The lowest BCUT2D eigenvalue weighted by Gasteiger charge is -2.22. The number of hydrogen-bond acceptors (Lipinski definition) is 7. The Balaban J connectivity index is 1.65. The van der Waals surface area contributed by atoms with Gasteiger partial charge in [0.2, 0.25) is 0 Å². The first-order chi connectivity index (χ1) is 10.8. The summed E-state index contributed by atoms with van der Waals surface area (Å²) in [6.07, 6.45) is 4.18. The Bertz CT molecular complexity index is 795. The first kappa shape index (κ1) is 16.0. The highest BCUT2D eigenvalue weighted by Gasteiger charge is 2.40. The molecule has 1 atom stereocenters. The second-order valence-electron chi connectivity index (χ2n) is 6.60. The second-order valence-corrected chi connectivity index (χ2v) is 8.78. The molecule has 0 bridgehead atoms. The number of sulfone groups is 1. The van der Waals surface area contributed by atoms with Crippen molar-refractivity contribution < 1.29 is 12.9 Å². The van der Waals surface area contributed by atoms with E-state index >= 15 is 0 Å². The molecule has 1 aliphatic heterocycles. The third-order valence-corrected chi connectivity index (χ3v) is 5.96. The molecule has 23 heavy (non-hydrogen) atoms. The van der Waals surface area contributed by atoms with Gasteiger partial charge in [-0.3, -0.25) is 4.68 Å². The van der Waals surface area contributed by atoms with Gasteiger partial charge in [-0.1, -0.05) is 19.0 Å². The first-order valence-electron chi connectivity index (χ1n) is 7.59. The van der Waals surface area contributed by atoms with Crippen LogP contribution < -0.4 is 5.32 Å². The zero-order chi connectivity index (χ0) is 16.7. The summed E-state index contributed by atoms with van der Waals surface area (Å²) in [6, 6.07) is 0.371. The summed E-state index contributed by atoms with van der Waals surface area (Å²) < 4.78 is 30.3. The van der Waals surface area contributed by atoms with Crippen LogP contribution in [0, 0.1) is 0 Å². The van der Waals surface area contributed by atoms with E-state index in [1.807, 2.05) is 27.0 Å². The van der Waals surface area contributed by atoms with Crippen molar-refractivity contribution in [2.45, 2.75) is 45.2 Å². The van der Waals surface area contributed by atoms with Gasteiger partial charge in [-0.05, 0) is 13.3 Å². The highest BCUT2D eigenvalue weighted by Crippen LogP contribution is 2.30. The third kappa shape index (κ3) is 3.39. The minimum Gasteiger partial charge on any atom is -0.334 e. The Morgan fingerprint density at radius 3 is 2.87 bits per heavy atom. The first-order valence-corrected chi connectivity index (χ1v) is 9.41. The zero-order valence-corrected chi connectivity index (χ0v) is 14.3. The van der Waals surface area contributed by atoms with Gasteiger partial charge in [0, 0.05) is 24.2 Å². The summed E-state index contributed by atoms with van der Waals surface area (Å²) in [5.74, 6) is 1.22. The Morgan fingerprint density at radius 1 is 1.48 bits per heavy atom. The molecule has 1 N–H and O–H groups in total. The second kappa shape index (κ2) is 5.63. The number of aromatic nitrogens is 4. The summed E-state index contributed by atoms with van der Waals surface area (Å²) >= 11 is 0. The van der Waals surface area contributed by atoms with Crippen molar-refractivity contribution >= 4 is 15.9 Å². The van der Waals surface area contributed by atoms with E-state index in [0.29, 0.717) is 24.8 Å². The molecule has 2 aromatic heterocycles. The van der Waals surface area contributed by atoms with E-state index in [0.717, 1.165) is 5.56 Å². The molecular weight excluding hydrogens is 318 g/mol. The lowest BCUT2D eigenvalue weighted by atomic mass is 10.0. The minimum absolute atomic E-state index is 0.135. The van der Waals surface area contributed by atoms with Gasteiger partial charge in [0.25, 0.3) is 0 Å². The maximum atomic E-state index is 11.7. The molecule has 2 aromatic rings. The van der Waals surface area contributed by atoms with E-state index in [-0.39, 0.29) is 17.4 Å².